The van der Waals surface area contributed by atoms with Gasteiger partial charge in [-0.1, -0.05) is 18.0 Å². The number of alkyl halides is 3. The summed E-state index contributed by atoms with van der Waals surface area (Å²) < 4.78 is 37.6. The van der Waals surface area contributed by atoms with Crippen LogP contribution in [0.25, 0.3) is 0 Å². The van der Waals surface area contributed by atoms with Gasteiger partial charge in [0.1, 0.15) is 5.82 Å². The van der Waals surface area contributed by atoms with Gasteiger partial charge in [-0.15, -0.1) is 0 Å². The first-order valence-corrected chi connectivity index (χ1v) is 6.79. The summed E-state index contributed by atoms with van der Waals surface area (Å²) in [6.07, 6.45) is -1.38. The van der Waals surface area contributed by atoms with Crippen molar-refractivity contribution in [3.63, 3.8) is 0 Å². The number of aliphatic hydroxyl groups excluding tert-OH is 1. The maximum atomic E-state index is 12.5. The molecule has 7 heteroatoms. The Hall–Kier alpha value is -1.01. The average Bonchev–Trinajstić information content (AvgIpc) is 2.73. The molecule has 1 fully saturated rings. The topological polar surface area (TPSA) is 36.4 Å². The molecule has 1 aliphatic rings. The summed E-state index contributed by atoms with van der Waals surface area (Å²) in [6, 6.07) is 0.880. The van der Waals surface area contributed by atoms with Crippen LogP contribution in [0, 0.1) is 5.92 Å². The number of aliphatic hydroxyl groups is 1. The molecule has 0 aromatic carbocycles. The summed E-state index contributed by atoms with van der Waals surface area (Å²) in [6.45, 7) is 0.527. The Balaban J connectivity index is 2.12. The largest absolute Gasteiger partial charge is 0.417 e. The standard InChI is InChI=1S/C13H16ClF3N2O/c1-19(7-8-3-2-4-11(8)20)12-10(14)5-9(6-18-12)13(15,16)17/h5-6,8,11,20H,2-4,7H2,1H3. The Morgan fingerprint density at radius 3 is 2.65 bits per heavy atom. The Labute approximate surface area is 120 Å². The highest BCUT2D eigenvalue weighted by atomic mass is 35.5. The van der Waals surface area contributed by atoms with Crippen molar-refractivity contribution < 1.29 is 18.3 Å². The van der Waals surface area contributed by atoms with Crippen LogP contribution < -0.4 is 4.90 Å². The second kappa shape index (κ2) is 5.77. The van der Waals surface area contributed by atoms with Gasteiger partial charge in [-0.05, 0) is 18.9 Å². The second-order valence-electron chi connectivity index (χ2n) is 5.17. The summed E-state index contributed by atoms with van der Waals surface area (Å²) in [5.74, 6) is 0.416. The van der Waals surface area contributed by atoms with Crippen molar-refractivity contribution in [1.82, 2.24) is 4.98 Å². The maximum absolute atomic E-state index is 12.5. The molecule has 0 aliphatic heterocycles. The summed E-state index contributed by atoms with van der Waals surface area (Å²) >= 11 is 5.89. The Morgan fingerprint density at radius 1 is 1.45 bits per heavy atom. The average molecular weight is 309 g/mol. The highest BCUT2D eigenvalue weighted by molar-refractivity contribution is 6.33. The van der Waals surface area contributed by atoms with Crippen LogP contribution in [-0.4, -0.2) is 29.8 Å². The lowest BCUT2D eigenvalue weighted by Crippen LogP contribution is -2.30. The van der Waals surface area contributed by atoms with Crippen molar-refractivity contribution in [2.45, 2.75) is 31.5 Å². The number of aromatic nitrogens is 1. The minimum absolute atomic E-state index is 0.0326. The van der Waals surface area contributed by atoms with Gasteiger partial charge in [-0.2, -0.15) is 13.2 Å². The van der Waals surface area contributed by atoms with Crippen molar-refractivity contribution in [2.75, 3.05) is 18.5 Å². The molecule has 1 aliphatic carbocycles. The van der Waals surface area contributed by atoms with E-state index < -0.39 is 11.7 Å². The van der Waals surface area contributed by atoms with Crippen LogP contribution in [0.5, 0.6) is 0 Å². The molecule has 20 heavy (non-hydrogen) atoms. The van der Waals surface area contributed by atoms with Gasteiger partial charge in [0, 0.05) is 25.7 Å². The van der Waals surface area contributed by atoms with E-state index in [-0.39, 0.29) is 17.0 Å². The van der Waals surface area contributed by atoms with E-state index in [4.69, 9.17) is 11.6 Å². The molecule has 0 saturated heterocycles. The van der Waals surface area contributed by atoms with Crippen molar-refractivity contribution in [1.29, 1.82) is 0 Å². The minimum atomic E-state index is -4.45. The monoisotopic (exact) mass is 308 g/mol. The van der Waals surface area contributed by atoms with E-state index in [1.165, 1.54) is 0 Å². The summed E-state index contributed by atoms with van der Waals surface area (Å²) in [7, 11) is 1.71. The van der Waals surface area contributed by atoms with E-state index in [1.807, 2.05) is 0 Å². The molecule has 1 aromatic heterocycles. The number of rotatable bonds is 3. The van der Waals surface area contributed by atoms with Crippen LogP contribution in [0.1, 0.15) is 24.8 Å². The molecule has 1 aromatic rings. The molecule has 1 saturated carbocycles. The molecule has 0 radical (unpaired) electrons. The normalized spacial score (nSPS) is 23.1. The fourth-order valence-corrected chi connectivity index (χ4v) is 2.85. The summed E-state index contributed by atoms with van der Waals surface area (Å²) in [4.78, 5) is 5.50. The molecular weight excluding hydrogens is 293 g/mol. The molecule has 1 heterocycles. The van der Waals surface area contributed by atoms with Gasteiger partial charge >= 0.3 is 6.18 Å². The minimum Gasteiger partial charge on any atom is -0.393 e. The molecule has 2 atom stereocenters. The fourth-order valence-electron chi connectivity index (χ4n) is 2.54. The van der Waals surface area contributed by atoms with E-state index in [0.717, 1.165) is 31.5 Å². The fraction of sp³-hybridized carbons (Fsp3) is 0.615. The van der Waals surface area contributed by atoms with Crippen molar-refractivity contribution in [3.05, 3.63) is 22.8 Å². The summed E-state index contributed by atoms with van der Waals surface area (Å²) in [5, 5.41) is 9.74. The van der Waals surface area contributed by atoms with Gasteiger partial charge in [0.15, 0.2) is 0 Å². The van der Waals surface area contributed by atoms with Crippen LogP contribution in [-0.2, 0) is 6.18 Å². The number of nitrogens with zero attached hydrogens (tertiary/aromatic N) is 2. The molecular formula is C13H16ClF3N2O. The van der Waals surface area contributed by atoms with Gasteiger partial charge < -0.3 is 10.0 Å². The van der Waals surface area contributed by atoms with Crippen molar-refractivity contribution in [2.24, 2.45) is 5.92 Å². The van der Waals surface area contributed by atoms with E-state index in [0.29, 0.717) is 12.4 Å². The second-order valence-corrected chi connectivity index (χ2v) is 5.57. The predicted molar refractivity (Wildman–Crippen MR) is 70.9 cm³/mol. The Kier molecular flexibility index (Phi) is 4.44. The molecule has 2 rings (SSSR count). The Bertz CT molecular complexity index is 481. The van der Waals surface area contributed by atoms with Crippen LogP contribution in [0.2, 0.25) is 5.02 Å². The highest BCUT2D eigenvalue weighted by Gasteiger charge is 2.32. The first-order valence-electron chi connectivity index (χ1n) is 6.41. The van der Waals surface area contributed by atoms with Crippen LogP contribution >= 0.6 is 11.6 Å². The lowest BCUT2D eigenvalue weighted by atomic mass is 10.1. The van der Waals surface area contributed by atoms with Crippen molar-refractivity contribution >= 4 is 17.4 Å². The predicted octanol–water partition coefficient (Wildman–Crippen LogP) is 3.35. The van der Waals surface area contributed by atoms with E-state index in [2.05, 4.69) is 4.98 Å². The number of halogens is 4. The molecule has 3 nitrogen and oxygen atoms in total. The first kappa shape index (κ1) is 15.4. The maximum Gasteiger partial charge on any atom is 0.417 e. The smallest absolute Gasteiger partial charge is 0.393 e. The van der Waals surface area contributed by atoms with E-state index >= 15 is 0 Å². The molecule has 0 spiro atoms. The van der Waals surface area contributed by atoms with Gasteiger partial charge in [-0.3, -0.25) is 0 Å². The van der Waals surface area contributed by atoms with Crippen LogP contribution in [0.15, 0.2) is 12.3 Å². The van der Waals surface area contributed by atoms with Gasteiger partial charge in [0.2, 0.25) is 0 Å². The number of anilines is 1. The van der Waals surface area contributed by atoms with Gasteiger partial charge in [-0.25, -0.2) is 4.98 Å². The summed E-state index contributed by atoms with van der Waals surface area (Å²) in [5.41, 5.74) is -0.861. The molecule has 1 N–H and O–H groups in total. The molecule has 2 unspecified atom stereocenters. The van der Waals surface area contributed by atoms with Gasteiger partial charge in [0.25, 0.3) is 0 Å². The van der Waals surface area contributed by atoms with E-state index in [9.17, 15) is 18.3 Å². The van der Waals surface area contributed by atoms with E-state index in [1.54, 1.807) is 11.9 Å². The third-order valence-electron chi connectivity index (χ3n) is 3.64. The SMILES string of the molecule is CN(CC1CCCC1O)c1ncc(C(F)(F)F)cc1Cl. The van der Waals surface area contributed by atoms with Gasteiger partial charge in [0.05, 0.1) is 16.7 Å². The Morgan fingerprint density at radius 2 is 2.15 bits per heavy atom. The third-order valence-corrected chi connectivity index (χ3v) is 3.92. The zero-order valence-electron chi connectivity index (χ0n) is 11.0. The highest BCUT2D eigenvalue weighted by Crippen LogP contribution is 2.34. The van der Waals surface area contributed by atoms with Crippen LogP contribution in [0.3, 0.4) is 0 Å². The third kappa shape index (κ3) is 3.35. The molecule has 112 valence electrons. The number of pyridine rings is 1. The van der Waals surface area contributed by atoms with Crippen molar-refractivity contribution in [3.8, 4) is 0 Å². The lowest BCUT2D eigenvalue weighted by molar-refractivity contribution is -0.137. The number of hydrogen-bond donors (Lipinski definition) is 1. The number of hydrogen-bond acceptors (Lipinski definition) is 3. The zero-order chi connectivity index (χ0) is 14.9. The zero-order valence-corrected chi connectivity index (χ0v) is 11.7. The quantitative estimate of drug-likeness (QED) is 0.930. The van der Waals surface area contributed by atoms with Crippen LogP contribution in [0.4, 0.5) is 19.0 Å². The molecule has 0 amide bonds. The lowest BCUT2D eigenvalue weighted by Gasteiger charge is -2.25. The molecule has 0 bridgehead atoms. The first-order chi connectivity index (χ1) is 9.29.